The van der Waals surface area contributed by atoms with Crippen LogP contribution in [0.15, 0.2) is 41.3 Å². The number of fused-ring (bicyclic) bond motifs is 2. The van der Waals surface area contributed by atoms with Crippen molar-refractivity contribution in [2.75, 3.05) is 6.61 Å². The summed E-state index contributed by atoms with van der Waals surface area (Å²) < 4.78 is 6.99. The van der Waals surface area contributed by atoms with Gasteiger partial charge in [-0.05, 0) is 12.1 Å². The molecular formula is C18H16N6O2. The van der Waals surface area contributed by atoms with Crippen LogP contribution in [0.3, 0.4) is 0 Å². The Labute approximate surface area is 147 Å². The third kappa shape index (κ3) is 2.60. The second-order valence-electron chi connectivity index (χ2n) is 6.31. The second-order valence-corrected chi connectivity index (χ2v) is 6.31. The number of aromatic amines is 2. The summed E-state index contributed by atoms with van der Waals surface area (Å²) in [6, 6.07) is 10.1. The van der Waals surface area contributed by atoms with E-state index >= 15 is 0 Å². The Balaban J connectivity index is 1.44. The van der Waals surface area contributed by atoms with Gasteiger partial charge in [0.05, 0.1) is 36.4 Å². The van der Waals surface area contributed by atoms with Crippen molar-refractivity contribution >= 4 is 10.9 Å². The smallest absolute Gasteiger partial charge is 0.256 e. The van der Waals surface area contributed by atoms with Crippen LogP contribution in [0.25, 0.3) is 22.3 Å². The molecule has 26 heavy (non-hydrogen) atoms. The molecule has 0 amide bonds. The van der Waals surface area contributed by atoms with Gasteiger partial charge in [0.1, 0.15) is 18.1 Å². The van der Waals surface area contributed by atoms with E-state index in [9.17, 15) is 4.79 Å². The molecular weight excluding hydrogens is 332 g/mol. The van der Waals surface area contributed by atoms with Crippen LogP contribution in [0.1, 0.15) is 17.1 Å². The largest absolute Gasteiger partial charge is 0.376 e. The number of hydrogen-bond donors (Lipinski definition) is 2. The van der Waals surface area contributed by atoms with E-state index in [1.165, 1.54) is 0 Å². The number of hydrogen-bond acceptors (Lipinski definition) is 5. The highest BCUT2D eigenvalue weighted by atomic mass is 16.5. The lowest BCUT2D eigenvalue weighted by Crippen LogP contribution is -2.26. The summed E-state index contributed by atoms with van der Waals surface area (Å²) >= 11 is 0. The number of ether oxygens (including phenoxy) is 1. The van der Waals surface area contributed by atoms with Gasteiger partial charge in [-0.15, -0.1) is 5.10 Å². The summed E-state index contributed by atoms with van der Waals surface area (Å²) in [5, 5.41) is 9.51. The van der Waals surface area contributed by atoms with E-state index < -0.39 is 0 Å². The maximum atomic E-state index is 12.2. The third-order valence-electron chi connectivity index (χ3n) is 4.54. The van der Waals surface area contributed by atoms with Gasteiger partial charge in [0, 0.05) is 17.3 Å². The van der Waals surface area contributed by atoms with Crippen LogP contribution < -0.4 is 5.56 Å². The first-order valence-electron chi connectivity index (χ1n) is 8.43. The predicted octanol–water partition coefficient (Wildman–Crippen LogP) is 1.63. The molecule has 4 heterocycles. The minimum Gasteiger partial charge on any atom is -0.376 e. The van der Waals surface area contributed by atoms with Gasteiger partial charge in [-0.3, -0.25) is 4.79 Å². The van der Waals surface area contributed by atoms with Crippen molar-refractivity contribution in [1.82, 2.24) is 29.9 Å². The molecule has 3 aromatic heterocycles. The zero-order valence-electron chi connectivity index (χ0n) is 13.9. The van der Waals surface area contributed by atoms with Gasteiger partial charge in [-0.1, -0.05) is 23.4 Å². The third-order valence-corrected chi connectivity index (χ3v) is 4.54. The summed E-state index contributed by atoms with van der Waals surface area (Å²) in [6.45, 7) is 1.28. The summed E-state index contributed by atoms with van der Waals surface area (Å²) in [4.78, 5) is 22.9. The zero-order valence-corrected chi connectivity index (χ0v) is 13.9. The number of aromatic nitrogens is 6. The minimum absolute atomic E-state index is 0.138. The SMILES string of the molecule is O=c1[nH]c(Cn2cc(-c3cc4ccccc4[nH]3)nn2)nc2c1COCC2. The fourth-order valence-electron chi connectivity index (χ4n) is 3.23. The van der Waals surface area contributed by atoms with Gasteiger partial charge >= 0.3 is 0 Å². The fraction of sp³-hybridized carbons (Fsp3) is 0.222. The molecule has 1 aliphatic heterocycles. The lowest BCUT2D eigenvalue weighted by molar-refractivity contribution is 0.107. The zero-order chi connectivity index (χ0) is 17.5. The highest BCUT2D eigenvalue weighted by Gasteiger charge is 2.16. The summed E-state index contributed by atoms with van der Waals surface area (Å²) in [5.41, 5.74) is 4.00. The van der Waals surface area contributed by atoms with E-state index in [2.05, 4.69) is 25.3 Å². The molecule has 0 saturated carbocycles. The van der Waals surface area contributed by atoms with E-state index in [4.69, 9.17) is 4.74 Å². The second kappa shape index (κ2) is 5.92. The standard InChI is InChI=1S/C18H16N6O2/c25-18-12-10-26-6-5-14(12)20-17(21-18)9-24-8-16(22-23-24)15-7-11-3-1-2-4-13(11)19-15/h1-4,7-8,19H,5-6,9-10H2,(H,20,21,25). The average Bonchev–Trinajstić information content (AvgIpc) is 3.28. The highest BCUT2D eigenvalue weighted by molar-refractivity contribution is 5.84. The lowest BCUT2D eigenvalue weighted by atomic mass is 10.1. The normalized spacial score (nSPS) is 13.8. The van der Waals surface area contributed by atoms with Crippen LogP contribution in [-0.4, -0.2) is 36.6 Å². The molecule has 0 radical (unpaired) electrons. The highest BCUT2D eigenvalue weighted by Crippen LogP contribution is 2.22. The molecule has 8 heteroatoms. The maximum absolute atomic E-state index is 12.2. The maximum Gasteiger partial charge on any atom is 0.256 e. The predicted molar refractivity (Wildman–Crippen MR) is 94.6 cm³/mol. The van der Waals surface area contributed by atoms with Crippen molar-refractivity contribution in [3.8, 4) is 11.4 Å². The monoisotopic (exact) mass is 348 g/mol. The van der Waals surface area contributed by atoms with Gasteiger partial charge in [-0.2, -0.15) is 0 Å². The van der Waals surface area contributed by atoms with E-state index in [-0.39, 0.29) is 5.56 Å². The van der Waals surface area contributed by atoms with Crippen LogP contribution in [0.5, 0.6) is 0 Å². The van der Waals surface area contributed by atoms with E-state index in [0.717, 1.165) is 28.0 Å². The summed E-state index contributed by atoms with van der Waals surface area (Å²) in [5.74, 6) is 0.573. The number of rotatable bonds is 3. The molecule has 0 spiro atoms. The molecule has 0 unspecified atom stereocenters. The molecule has 5 rings (SSSR count). The van der Waals surface area contributed by atoms with Gasteiger partial charge in [-0.25, -0.2) is 9.67 Å². The van der Waals surface area contributed by atoms with Crippen molar-refractivity contribution in [3.63, 3.8) is 0 Å². The summed E-state index contributed by atoms with van der Waals surface area (Å²) in [7, 11) is 0. The number of H-pyrrole nitrogens is 2. The number of nitrogens with zero attached hydrogens (tertiary/aromatic N) is 4. The fourth-order valence-corrected chi connectivity index (χ4v) is 3.23. The van der Waals surface area contributed by atoms with Crippen LogP contribution >= 0.6 is 0 Å². The number of para-hydroxylation sites is 1. The van der Waals surface area contributed by atoms with Gasteiger partial charge in [0.15, 0.2) is 0 Å². The van der Waals surface area contributed by atoms with Gasteiger partial charge in [0.25, 0.3) is 5.56 Å². The molecule has 0 saturated heterocycles. The topological polar surface area (TPSA) is 101 Å². The Morgan fingerprint density at radius 2 is 2.15 bits per heavy atom. The molecule has 8 nitrogen and oxygen atoms in total. The molecule has 2 N–H and O–H groups in total. The van der Waals surface area contributed by atoms with Crippen LogP contribution in [0, 0.1) is 0 Å². The Kier molecular flexibility index (Phi) is 3.42. The van der Waals surface area contributed by atoms with E-state index in [0.29, 0.717) is 37.6 Å². The Morgan fingerprint density at radius 1 is 1.23 bits per heavy atom. The van der Waals surface area contributed by atoms with Gasteiger partial charge < -0.3 is 14.7 Å². The van der Waals surface area contributed by atoms with Crippen molar-refractivity contribution in [2.45, 2.75) is 19.6 Å². The quantitative estimate of drug-likeness (QED) is 0.586. The van der Waals surface area contributed by atoms with Crippen LogP contribution in [-0.2, 0) is 24.3 Å². The number of benzene rings is 1. The van der Waals surface area contributed by atoms with Gasteiger partial charge in [0.2, 0.25) is 0 Å². The molecule has 4 aromatic rings. The molecule has 0 fully saturated rings. The summed E-state index contributed by atoms with van der Waals surface area (Å²) in [6.07, 6.45) is 2.50. The molecule has 1 aromatic carbocycles. The first-order chi connectivity index (χ1) is 12.8. The van der Waals surface area contributed by atoms with Crippen LogP contribution in [0.4, 0.5) is 0 Å². The minimum atomic E-state index is -0.138. The van der Waals surface area contributed by atoms with Crippen molar-refractivity contribution in [1.29, 1.82) is 0 Å². The van der Waals surface area contributed by atoms with Crippen molar-refractivity contribution in [2.24, 2.45) is 0 Å². The molecule has 1 aliphatic rings. The number of nitrogens with one attached hydrogen (secondary N) is 2. The molecule has 0 aliphatic carbocycles. The first kappa shape index (κ1) is 15.0. The van der Waals surface area contributed by atoms with Crippen molar-refractivity contribution in [3.05, 3.63) is 64.0 Å². The first-order valence-corrected chi connectivity index (χ1v) is 8.43. The molecule has 0 bridgehead atoms. The lowest BCUT2D eigenvalue weighted by Gasteiger charge is -2.15. The van der Waals surface area contributed by atoms with Crippen molar-refractivity contribution < 1.29 is 4.74 Å². The molecule has 130 valence electrons. The Bertz CT molecular complexity index is 1120. The van der Waals surface area contributed by atoms with E-state index in [1.807, 2.05) is 36.5 Å². The van der Waals surface area contributed by atoms with Crippen LogP contribution in [0.2, 0.25) is 0 Å². The Morgan fingerprint density at radius 3 is 3.08 bits per heavy atom. The Hall–Kier alpha value is -3.26. The molecule has 0 atom stereocenters. The van der Waals surface area contributed by atoms with E-state index in [1.54, 1.807) is 4.68 Å². The average molecular weight is 348 g/mol.